The molecule has 0 bridgehead atoms. The van der Waals surface area contributed by atoms with Crippen LogP contribution in [0.2, 0.25) is 0 Å². The van der Waals surface area contributed by atoms with E-state index >= 15 is 0 Å². The summed E-state index contributed by atoms with van der Waals surface area (Å²) in [6, 6.07) is 10.4. The monoisotopic (exact) mass is 268 g/mol. The van der Waals surface area contributed by atoms with Gasteiger partial charge in [0, 0.05) is 24.9 Å². The second-order valence-electron chi connectivity index (χ2n) is 5.95. The van der Waals surface area contributed by atoms with Gasteiger partial charge >= 0.3 is 0 Å². The van der Waals surface area contributed by atoms with E-state index in [1.54, 1.807) is 0 Å². The van der Waals surface area contributed by atoms with Gasteiger partial charge in [-0.1, -0.05) is 12.1 Å². The van der Waals surface area contributed by atoms with Crippen molar-refractivity contribution in [2.24, 2.45) is 5.92 Å². The van der Waals surface area contributed by atoms with Crippen LogP contribution in [0.3, 0.4) is 0 Å². The van der Waals surface area contributed by atoms with Crippen LogP contribution in [-0.4, -0.2) is 23.3 Å². The summed E-state index contributed by atoms with van der Waals surface area (Å²) in [5.74, 6) is 0.748. The van der Waals surface area contributed by atoms with E-state index in [2.05, 4.69) is 11.0 Å². The molecule has 0 radical (unpaired) electrons. The third-order valence-electron chi connectivity index (χ3n) is 4.70. The van der Waals surface area contributed by atoms with E-state index in [9.17, 15) is 4.79 Å². The van der Waals surface area contributed by atoms with Gasteiger partial charge in [0.15, 0.2) is 0 Å². The molecular weight excluding hydrogens is 248 g/mol. The Bertz CT molecular complexity index is 529. The lowest BCUT2D eigenvalue weighted by atomic mass is 9.95. The van der Waals surface area contributed by atoms with Crippen LogP contribution in [0.15, 0.2) is 24.3 Å². The number of rotatable bonds is 3. The molecule has 1 aliphatic heterocycles. The zero-order chi connectivity index (χ0) is 13.9. The van der Waals surface area contributed by atoms with Crippen LogP contribution in [0.1, 0.15) is 43.2 Å². The third kappa shape index (κ3) is 2.62. The number of likely N-dealkylation sites (tertiary alicyclic amines) is 1. The van der Waals surface area contributed by atoms with Gasteiger partial charge in [-0.3, -0.25) is 9.69 Å². The van der Waals surface area contributed by atoms with E-state index in [0.29, 0.717) is 17.4 Å². The molecule has 3 heteroatoms. The van der Waals surface area contributed by atoms with Crippen molar-refractivity contribution >= 4 is 5.78 Å². The third-order valence-corrected chi connectivity index (χ3v) is 4.70. The number of benzene rings is 1. The normalized spacial score (nSPS) is 26.9. The van der Waals surface area contributed by atoms with E-state index in [0.717, 1.165) is 38.8 Å². The van der Waals surface area contributed by atoms with Gasteiger partial charge in [-0.05, 0) is 49.9 Å². The number of hydrogen-bond acceptors (Lipinski definition) is 3. The Labute approximate surface area is 120 Å². The van der Waals surface area contributed by atoms with E-state index < -0.39 is 0 Å². The number of carbonyl (C=O) groups excluding carboxylic acids is 1. The van der Waals surface area contributed by atoms with Crippen LogP contribution in [0.5, 0.6) is 0 Å². The van der Waals surface area contributed by atoms with E-state index in [1.165, 1.54) is 12.0 Å². The molecule has 0 N–H and O–H groups in total. The first kappa shape index (κ1) is 13.3. The number of ketones is 1. The largest absolute Gasteiger partial charge is 0.299 e. The summed E-state index contributed by atoms with van der Waals surface area (Å²) in [4.78, 5) is 14.4. The number of Topliss-reactive ketones (excluding diaryl/α,β-unsaturated/α-hetero) is 1. The van der Waals surface area contributed by atoms with Gasteiger partial charge in [0.1, 0.15) is 5.78 Å². The summed E-state index contributed by atoms with van der Waals surface area (Å²) < 4.78 is 0. The van der Waals surface area contributed by atoms with Crippen LogP contribution in [0.25, 0.3) is 0 Å². The molecule has 104 valence electrons. The molecule has 1 aromatic rings. The van der Waals surface area contributed by atoms with Gasteiger partial charge in [-0.2, -0.15) is 5.26 Å². The highest BCUT2D eigenvalue weighted by atomic mass is 16.1. The zero-order valence-electron chi connectivity index (χ0n) is 11.7. The Morgan fingerprint density at radius 3 is 2.65 bits per heavy atom. The Morgan fingerprint density at radius 1 is 1.20 bits per heavy atom. The molecule has 2 fully saturated rings. The van der Waals surface area contributed by atoms with Crippen molar-refractivity contribution in [3.8, 4) is 6.07 Å². The molecule has 2 aliphatic rings. The van der Waals surface area contributed by atoms with E-state index in [4.69, 9.17) is 5.26 Å². The quantitative estimate of drug-likeness (QED) is 0.846. The summed E-state index contributed by atoms with van der Waals surface area (Å²) in [5, 5.41) is 8.83. The number of hydrogen-bond donors (Lipinski definition) is 0. The van der Waals surface area contributed by atoms with E-state index in [-0.39, 0.29) is 5.92 Å². The van der Waals surface area contributed by atoms with Crippen LogP contribution in [0, 0.1) is 17.2 Å². The van der Waals surface area contributed by atoms with Crippen molar-refractivity contribution < 1.29 is 4.79 Å². The molecule has 3 rings (SSSR count). The molecular formula is C17H20N2O. The Morgan fingerprint density at radius 2 is 2.00 bits per heavy atom. The van der Waals surface area contributed by atoms with Crippen molar-refractivity contribution in [1.29, 1.82) is 5.26 Å². The molecule has 0 aromatic heterocycles. The second kappa shape index (κ2) is 5.76. The summed E-state index contributed by atoms with van der Waals surface area (Å²) in [7, 11) is 0. The SMILES string of the molecule is N#Cc1ccc(CN2CCCC2C2CCCC2=O)cc1. The van der Waals surface area contributed by atoms with Crippen LogP contribution in [0.4, 0.5) is 0 Å². The van der Waals surface area contributed by atoms with Crippen molar-refractivity contribution in [2.75, 3.05) is 6.54 Å². The van der Waals surface area contributed by atoms with Gasteiger partial charge in [0.2, 0.25) is 0 Å². The second-order valence-corrected chi connectivity index (χ2v) is 5.95. The number of nitriles is 1. The number of nitrogens with zero attached hydrogens (tertiary/aromatic N) is 2. The van der Waals surface area contributed by atoms with Crippen LogP contribution < -0.4 is 0 Å². The van der Waals surface area contributed by atoms with Gasteiger partial charge < -0.3 is 0 Å². The predicted octanol–water partition coefficient (Wildman–Crippen LogP) is 2.89. The highest BCUT2D eigenvalue weighted by Crippen LogP contribution is 2.34. The summed E-state index contributed by atoms with van der Waals surface area (Å²) in [6.07, 6.45) is 5.29. The fraction of sp³-hybridized carbons (Fsp3) is 0.529. The van der Waals surface area contributed by atoms with Gasteiger partial charge in [0.05, 0.1) is 11.6 Å². The molecule has 1 aromatic carbocycles. The van der Waals surface area contributed by atoms with Crippen molar-refractivity contribution in [1.82, 2.24) is 4.90 Å². The fourth-order valence-corrected chi connectivity index (χ4v) is 3.67. The minimum atomic E-state index is 0.274. The van der Waals surface area contributed by atoms with E-state index in [1.807, 2.05) is 24.3 Å². The first-order valence-electron chi connectivity index (χ1n) is 7.54. The molecule has 2 unspecified atom stereocenters. The smallest absolute Gasteiger partial charge is 0.137 e. The highest BCUT2D eigenvalue weighted by Gasteiger charge is 2.37. The molecule has 1 aliphatic carbocycles. The van der Waals surface area contributed by atoms with Crippen molar-refractivity contribution in [3.05, 3.63) is 35.4 Å². The standard InChI is InChI=1S/C17H20N2O/c18-11-13-6-8-14(9-7-13)12-19-10-2-4-16(19)15-3-1-5-17(15)20/h6-9,15-16H,1-5,10,12H2. The molecule has 0 amide bonds. The highest BCUT2D eigenvalue weighted by molar-refractivity contribution is 5.83. The molecule has 2 atom stereocenters. The maximum absolute atomic E-state index is 12.0. The summed E-state index contributed by atoms with van der Waals surface area (Å²) >= 11 is 0. The van der Waals surface area contributed by atoms with Crippen molar-refractivity contribution in [3.63, 3.8) is 0 Å². The molecule has 3 nitrogen and oxygen atoms in total. The molecule has 1 saturated heterocycles. The molecule has 1 saturated carbocycles. The average molecular weight is 268 g/mol. The average Bonchev–Trinajstić information content (AvgIpc) is 3.08. The van der Waals surface area contributed by atoms with Crippen LogP contribution in [-0.2, 0) is 11.3 Å². The number of carbonyl (C=O) groups is 1. The Kier molecular flexibility index (Phi) is 3.84. The first-order chi connectivity index (χ1) is 9.78. The van der Waals surface area contributed by atoms with Crippen LogP contribution >= 0.6 is 0 Å². The first-order valence-corrected chi connectivity index (χ1v) is 7.54. The Balaban J connectivity index is 1.69. The summed E-state index contributed by atoms with van der Waals surface area (Å²) in [5.41, 5.74) is 1.94. The molecule has 20 heavy (non-hydrogen) atoms. The minimum Gasteiger partial charge on any atom is -0.299 e. The summed E-state index contributed by atoms with van der Waals surface area (Å²) in [6.45, 7) is 1.99. The lowest BCUT2D eigenvalue weighted by Gasteiger charge is -2.28. The van der Waals surface area contributed by atoms with Crippen molar-refractivity contribution in [2.45, 2.75) is 44.7 Å². The fourth-order valence-electron chi connectivity index (χ4n) is 3.67. The maximum Gasteiger partial charge on any atom is 0.137 e. The van der Waals surface area contributed by atoms with Gasteiger partial charge in [0.25, 0.3) is 0 Å². The minimum absolute atomic E-state index is 0.274. The zero-order valence-corrected chi connectivity index (χ0v) is 11.7. The molecule has 1 heterocycles. The predicted molar refractivity (Wildman–Crippen MR) is 76.9 cm³/mol. The lowest BCUT2D eigenvalue weighted by molar-refractivity contribution is -0.122. The van der Waals surface area contributed by atoms with Gasteiger partial charge in [-0.15, -0.1) is 0 Å². The maximum atomic E-state index is 12.0. The Hall–Kier alpha value is -1.66. The lowest BCUT2D eigenvalue weighted by Crippen LogP contribution is -2.36. The molecule has 0 spiro atoms. The topological polar surface area (TPSA) is 44.1 Å². The van der Waals surface area contributed by atoms with Gasteiger partial charge in [-0.25, -0.2) is 0 Å².